The summed E-state index contributed by atoms with van der Waals surface area (Å²) < 4.78 is 0. The zero-order valence-corrected chi connectivity index (χ0v) is 23.5. The van der Waals surface area contributed by atoms with Crippen molar-refractivity contribution in [2.75, 3.05) is 7.05 Å². The maximum Gasteiger partial charge on any atom is 0.253 e. The van der Waals surface area contributed by atoms with Crippen LogP contribution in [-0.2, 0) is 4.79 Å². The predicted molar refractivity (Wildman–Crippen MR) is 151 cm³/mol. The zero-order valence-electron chi connectivity index (χ0n) is 23.5. The Kier molecular flexibility index (Phi) is 13.4. The number of nitriles is 1. The number of nitrogens with two attached hydrogens (primary N) is 1. The highest BCUT2D eigenvalue weighted by Gasteiger charge is 2.30. The zero-order chi connectivity index (χ0) is 27.2. The Morgan fingerprint density at radius 3 is 2.35 bits per heavy atom. The van der Waals surface area contributed by atoms with Crippen LogP contribution in [0.4, 0.5) is 0 Å². The summed E-state index contributed by atoms with van der Waals surface area (Å²) in [6, 6.07) is 8.43. The van der Waals surface area contributed by atoms with Crippen LogP contribution >= 0.6 is 0 Å². The lowest BCUT2D eigenvalue weighted by Crippen LogP contribution is -2.35. The number of amides is 1. The first-order valence-electron chi connectivity index (χ1n) is 14.4. The third-order valence-electron chi connectivity index (χ3n) is 7.96. The number of carbonyl (C=O) groups is 2. The number of nitrogens with zero attached hydrogens (tertiary/aromatic N) is 3. The summed E-state index contributed by atoms with van der Waals surface area (Å²) in [5.41, 5.74) is 6.74. The summed E-state index contributed by atoms with van der Waals surface area (Å²) in [5.74, 6) is 3.33. The molecule has 3 aliphatic rings. The molecule has 0 aromatic heterocycles. The molecule has 204 valence electrons. The van der Waals surface area contributed by atoms with Crippen molar-refractivity contribution >= 4 is 17.6 Å². The number of hydrogen-bond acceptors (Lipinski definition) is 5. The van der Waals surface area contributed by atoms with Crippen molar-refractivity contribution in [1.82, 2.24) is 4.90 Å². The van der Waals surface area contributed by atoms with Crippen molar-refractivity contribution in [3.8, 4) is 6.07 Å². The Bertz CT molecular complexity index is 927. The third-order valence-corrected chi connectivity index (χ3v) is 7.96. The van der Waals surface area contributed by atoms with Crippen LogP contribution in [0.25, 0.3) is 0 Å². The summed E-state index contributed by atoms with van der Waals surface area (Å²) >= 11 is 0. The van der Waals surface area contributed by atoms with Crippen LogP contribution in [0.1, 0.15) is 120 Å². The van der Waals surface area contributed by atoms with Crippen molar-refractivity contribution < 1.29 is 9.59 Å². The number of likely N-dealkylation sites (N-methyl/N-ethyl adjacent to an activating group) is 1. The van der Waals surface area contributed by atoms with E-state index in [1.807, 2.05) is 6.07 Å². The van der Waals surface area contributed by atoms with Gasteiger partial charge in [-0.05, 0) is 56.1 Å². The number of benzene rings is 1. The highest BCUT2D eigenvalue weighted by atomic mass is 16.2. The van der Waals surface area contributed by atoms with Gasteiger partial charge in [0.2, 0.25) is 0 Å². The van der Waals surface area contributed by atoms with Crippen molar-refractivity contribution in [3.63, 3.8) is 0 Å². The van der Waals surface area contributed by atoms with Crippen LogP contribution in [-0.4, -0.2) is 35.6 Å². The van der Waals surface area contributed by atoms with Crippen LogP contribution in [0, 0.1) is 29.1 Å². The standard InChI is InChI=1S/C12H21N3O.C10H20.C9H7NO/c1-15-11(16)10(14-12(15)13)8-7-9-5-3-2-4-6-9;1-3-5-10-7-4-6-9(2)8-10;1-7(11)9-4-2-3-8(5-9)6-10/h9-10H,2-8H2,1H3,(H2,13,14);9-10H,3-8H2,1-2H3;2-5H,1H3/t10-;;/m0../s1. The summed E-state index contributed by atoms with van der Waals surface area (Å²) in [6.45, 7) is 6.19. The fourth-order valence-electron chi connectivity index (χ4n) is 5.73. The van der Waals surface area contributed by atoms with Gasteiger partial charge in [-0.1, -0.05) is 90.2 Å². The average Bonchev–Trinajstić information content (AvgIpc) is 3.15. The molecule has 1 heterocycles. The van der Waals surface area contributed by atoms with E-state index in [1.165, 1.54) is 82.5 Å². The highest BCUT2D eigenvalue weighted by Crippen LogP contribution is 2.31. The number of aliphatic imine (C=N–C) groups is 1. The van der Waals surface area contributed by atoms with E-state index in [1.54, 1.807) is 31.3 Å². The molecule has 3 atom stereocenters. The van der Waals surface area contributed by atoms with Gasteiger partial charge in [0, 0.05) is 12.6 Å². The molecule has 2 unspecified atom stereocenters. The normalized spacial score (nSPS) is 23.6. The first kappa shape index (κ1) is 30.5. The second-order valence-corrected chi connectivity index (χ2v) is 11.2. The molecule has 6 heteroatoms. The first-order valence-corrected chi connectivity index (χ1v) is 14.4. The second-order valence-electron chi connectivity index (χ2n) is 11.2. The summed E-state index contributed by atoms with van der Waals surface area (Å²) in [7, 11) is 1.70. The molecular formula is C31H48N4O2. The van der Waals surface area contributed by atoms with Gasteiger partial charge in [0.1, 0.15) is 6.04 Å². The van der Waals surface area contributed by atoms with Crippen molar-refractivity contribution in [3.05, 3.63) is 35.4 Å². The molecule has 6 nitrogen and oxygen atoms in total. The van der Waals surface area contributed by atoms with Gasteiger partial charge in [0.15, 0.2) is 11.7 Å². The number of Topliss-reactive ketones (excluding diaryl/α,β-unsaturated/α-hetero) is 1. The number of rotatable bonds is 6. The Morgan fingerprint density at radius 1 is 1.08 bits per heavy atom. The lowest BCUT2D eigenvalue weighted by molar-refractivity contribution is -0.126. The molecule has 0 saturated heterocycles. The number of guanidine groups is 1. The van der Waals surface area contributed by atoms with Gasteiger partial charge in [-0.15, -0.1) is 0 Å². The fraction of sp³-hybridized carbons (Fsp3) is 0.677. The van der Waals surface area contributed by atoms with Crippen molar-refractivity contribution in [2.45, 2.75) is 110 Å². The maximum atomic E-state index is 11.7. The van der Waals surface area contributed by atoms with Gasteiger partial charge in [-0.25, -0.2) is 4.99 Å². The monoisotopic (exact) mass is 508 g/mol. The Labute approximate surface area is 224 Å². The largest absolute Gasteiger partial charge is 0.369 e. The van der Waals surface area contributed by atoms with E-state index >= 15 is 0 Å². The molecule has 1 amide bonds. The Morgan fingerprint density at radius 2 is 1.78 bits per heavy atom. The molecule has 0 radical (unpaired) electrons. The maximum absolute atomic E-state index is 11.7. The van der Waals surface area contributed by atoms with E-state index in [4.69, 9.17) is 11.0 Å². The number of hydrogen-bond donors (Lipinski definition) is 1. The van der Waals surface area contributed by atoms with Crippen LogP contribution in [0.15, 0.2) is 29.3 Å². The molecule has 4 rings (SSSR count). The van der Waals surface area contributed by atoms with Crippen LogP contribution in [0.2, 0.25) is 0 Å². The Balaban J connectivity index is 0.000000203. The van der Waals surface area contributed by atoms with E-state index in [9.17, 15) is 9.59 Å². The van der Waals surface area contributed by atoms with Gasteiger partial charge in [-0.2, -0.15) is 5.26 Å². The summed E-state index contributed by atoms with van der Waals surface area (Å²) in [5, 5.41) is 8.48. The van der Waals surface area contributed by atoms with E-state index in [2.05, 4.69) is 18.8 Å². The summed E-state index contributed by atoms with van der Waals surface area (Å²) in [4.78, 5) is 28.2. The first-order chi connectivity index (χ1) is 17.7. The van der Waals surface area contributed by atoms with Crippen LogP contribution < -0.4 is 5.73 Å². The predicted octanol–water partition coefficient (Wildman–Crippen LogP) is 6.88. The SMILES string of the molecule is CC(=O)c1cccc(C#N)c1.CCCC1CCCC(C)C1.CN1C(=O)[C@H](CCC2CCCCC2)N=C1N. The van der Waals surface area contributed by atoms with E-state index in [0.717, 1.165) is 30.6 Å². The van der Waals surface area contributed by atoms with Gasteiger partial charge in [-0.3, -0.25) is 14.5 Å². The minimum absolute atomic E-state index is 0.0119. The van der Waals surface area contributed by atoms with Gasteiger partial charge >= 0.3 is 0 Å². The lowest BCUT2D eigenvalue weighted by atomic mass is 9.80. The number of ketones is 1. The molecule has 1 aliphatic heterocycles. The molecule has 1 aromatic rings. The molecule has 2 fully saturated rings. The van der Waals surface area contributed by atoms with Gasteiger partial charge < -0.3 is 5.73 Å². The smallest absolute Gasteiger partial charge is 0.253 e. The lowest BCUT2D eigenvalue weighted by Gasteiger charge is -2.26. The van der Waals surface area contributed by atoms with Crippen molar-refractivity contribution in [2.24, 2.45) is 28.5 Å². The van der Waals surface area contributed by atoms with E-state index < -0.39 is 0 Å². The highest BCUT2D eigenvalue weighted by molar-refractivity contribution is 6.03. The molecule has 2 aliphatic carbocycles. The van der Waals surface area contributed by atoms with Gasteiger partial charge in [0.05, 0.1) is 11.6 Å². The van der Waals surface area contributed by atoms with Crippen molar-refractivity contribution in [1.29, 1.82) is 5.26 Å². The fourth-order valence-corrected chi connectivity index (χ4v) is 5.73. The quantitative estimate of drug-likeness (QED) is 0.423. The van der Waals surface area contributed by atoms with Crippen LogP contribution in [0.3, 0.4) is 0 Å². The average molecular weight is 509 g/mol. The minimum Gasteiger partial charge on any atom is -0.369 e. The van der Waals surface area contributed by atoms with Gasteiger partial charge in [0.25, 0.3) is 5.91 Å². The molecule has 0 spiro atoms. The topological polar surface area (TPSA) is 99.5 Å². The second kappa shape index (κ2) is 16.2. The molecular weight excluding hydrogens is 460 g/mol. The minimum atomic E-state index is -0.202. The van der Waals surface area contributed by atoms with E-state index in [0.29, 0.717) is 17.1 Å². The molecule has 2 saturated carbocycles. The summed E-state index contributed by atoms with van der Waals surface area (Å²) in [6.07, 6.45) is 17.6. The molecule has 2 N–H and O–H groups in total. The number of carbonyl (C=O) groups excluding carboxylic acids is 2. The molecule has 0 bridgehead atoms. The van der Waals surface area contributed by atoms with Crippen LogP contribution in [0.5, 0.6) is 0 Å². The third kappa shape index (κ3) is 10.7. The molecule has 37 heavy (non-hydrogen) atoms. The van der Waals surface area contributed by atoms with E-state index in [-0.39, 0.29) is 17.7 Å². The Hall–Kier alpha value is -2.68. The molecule has 1 aromatic carbocycles.